The highest BCUT2D eigenvalue weighted by molar-refractivity contribution is 5.73. The number of hydrogen-bond donors (Lipinski definition) is 1. The summed E-state index contributed by atoms with van der Waals surface area (Å²) in [4.78, 5) is 26.8. The Morgan fingerprint density at radius 2 is 1.85 bits per heavy atom. The van der Waals surface area contributed by atoms with Crippen molar-refractivity contribution in [3.63, 3.8) is 0 Å². The van der Waals surface area contributed by atoms with Gasteiger partial charge in [0.05, 0.1) is 6.61 Å². The van der Waals surface area contributed by atoms with E-state index >= 15 is 0 Å². The zero-order chi connectivity index (χ0) is 15.3. The molecule has 1 heterocycles. The van der Waals surface area contributed by atoms with E-state index in [1.807, 2.05) is 20.8 Å². The molecular formula is C14H26N2O4. The maximum absolute atomic E-state index is 12.2. The summed E-state index contributed by atoms with van der Waals surface area (Å²) in [5.74, 6) is 0.0643. The molecule has 0 aromatic heterocycles. The lowest BCUT2D eigenvalue weighted by molar-refractivity contribution is -0.130. The van der Waals surface area contributed by atoms with Crippen LogP contribution in [0.2, 0.25) is 0 Å². The Balaban J connectivity index is 2.63. The van der Waals surface area contributed by atoms with Crippen molar-refractivity contribution < 1.29 is 19.4 Å². The molecule has 0 saturated carbocycles. The second-order valence-electron chi connectivity index (χ2n) is 6.13. The fraction of sp³-hybridized carbons (Fsp3) is 0.857. The third-order valence-corrected chi connectivity index (χ3v) is 3.32. The van der Waals surface area contributed by atoms with E-state index in [0.717, 1.165) is 12.8 Å². The maximum atomic E-state index is 12.2. The van der Waals surface area contributed by atoms with Crippen LogP contribution in [-0.4, -0.2) is 64.8 Å². The normalized spacial score (nSPS) is 16.9. The molecule has 1 N–H and O–H groups in total. The average molecular weight is 286 g/mol. The van der Waals surface area contributed by atoms with Crippen LogP contribution in [-0.2, 0) is 9.53 Å². The lowest BCUT2D eigenvalue weighted by Gasteiger charge is -2.38. The lowest BCUT2D eigenvalue weighted by Crippen LogP contribution is -2.50. The summed E-state index contributed by atoms with van der Waals surface area (Å²) in [6.07, 6.45) is 1.05. The van der Waals surface area contributed by atoms with E-state index in [4.69, 9.17) is 9.84 Å². The van der Waals surface area contributed by atoms with Gasteiger partial charge < -0.3 is 19.6 Å². The summed E-state index contributed by atoms with van der Waals surface area (Å²) in [7, 11) is 0. The predicted octanol–water partition coefficient (Wildman–Crippen LogP) is 1.23. The molecule has 6 nitrogen and oxygen atoms in total. The van der Waals surface area contributed by atoms with Crippen molar-refractivity contribution in [2.24, 2.45) is 0 Å². The number of amides is 2. The largest absolute Gasteiger partial charge is 0.444 e. The molecule has 0 aliphatic carbocycles. The second-order valence-corrected chi connectivity index (χ2v) is 6.13. The zero-order valence-corrected chi connectivity index (χ0v) is 12.9. The fourth-order valence-corrected chi connectivity index (χ4v) is 2.34. The lowest BCUT2D eigenvalue weighted by atomic mass is 10.0. The summed E-state index contributed by atoms with van der Waals surface area (Å²) < 4.78 is 5.38. The molecule has 0 bridgehead atoms. The molecule has 0 aromatic rings. The monoisotopic (exact) mass is 286 g/mol. The molecule has 1 saturated heterocycles. The fourth-order valence-electron chi connectivity index (χ4n) is 2.34. The van der Waals surface area contributed by atoms with Crippen LogP contribution in [0, 0.1) is 0 Å². The standard InChI is InChI=1S/C14H26N2O4/c1-11(18)15-7-5-12(6-8-15)16(9-10-17)13(19)20-14(2,3)4/h12,17H,5-10H2,1-4H3. The van der Waals surface area contributed by atoms with Gasteiger partial charge >= 0.3 is 6.09 Å². The highest BCUT2D eigenvalue weighted by Gasteiger charge is 2.31. The van der Waals surface area contributed by atoms with Gasteiger partial charge in [0.1, 0.15) is 5.60 Å². The first-order valence-corrected chi connectivity index (χ1v) is 7.10. The number of likely N-dealkylation sites (tertiary alicyclic amines) is 1. The number of carbonyl (C=O) groups excluding carboxylic acids is 2. The minimum Gasteiger partial charge on any atom is -0.444 e. The van der Waals surface area contributed by atoms with Crippen molar-refractivity contribution in [3.8, 4) is 0 Å². The molecule has 116 valence electrons. The van der Waals surface area contributed by atoms with Gasteiger partial charge in [-0.3, -0.25) is 4.79 Å². The molecule has 1 aliphatic heterocycles. The molecule has 0 aromatic carbocycles. The number of nitrogens with zero attached hydrogens (tertiary/aromatic N) is 2. The number of aliphatic hydroxyl groups is 1. The van der Waals surface area contributed by atoms with Crippen molar-refractivity contribution in [2.75, 3.05) is 26.2 Å². The predicted molar refractivity (Wildman–Crippen MR) is 75.3 cm³/mol. The van der Waals surface area contributed by atoms with E-state index in [9.17, 15) is 9.59 Å². The Morgan fingerprint density at radius 3 is 2.25 bits per heavy atom. The average Bonchev–Trinajstić information content (AvgIpc) is 2.34. The summed E-state index contributed by atoms with van der Waals surface area (Å²) in [6, 6.07) is 0.0209. The van der Waals surface area contributed by atoms with E-state index in [-0.39, 0.29) is 25.1 Å². The summed E-state index contributed by atoms with van der Waals surface area (Å²) >= 11 is 0. The highest BCUT2D eigenvalue weighted by Crippen LogP contribution is 2.19. The minimum absolute atomic E-state index is 0.0209. The van der Waals surface area contributed by atoms with Crippen LogP contribution >= 0.6 is 0 Å². The quantitative estimate of drug-likeness (QED) is 0.847. The number of aliphatic hydroxyl groups excluding tert-OH is 1. The molecule has 6 heteroatoms. The van der Waals surface area contributed by atoms with E-state index in [0.29, 0.717) is 13.1 Å². The first-order valence-electron chi connectivity index (χ1n) is 7.10. The van der Waals surface area contributed by atoms with Gasteiger partial charge in [0, 0.05) is 32.6 Å². The van der Waals surface area contributed by atoms with Gasteiger partial charge in [-0.15, -0.1) is 0 Å². The Morgan fingerprint density at radius 1 is 1.30 bits per heavy atom. The molecule has 0 unspecified atom stereocenters. The third-order valence-electron chi connectivity index (χ3n) is 3.32. The summed E-state index contributed by atoms with van der Waals surface area (Å²) in [5.41, 5.74) is -0.551. The molecule has 1 rings (SSSR count). The molecule has 1 fully saturated rings. The Labute approximate surface area is 120 Å². The molecule has 2 amide bonds. The van der Waals surface area contributed by atoms with E-state index in [1.165, 1.54) is 0 Å². The number of hydrogen-bond acceptors (Lipinski definition) is 4. The van der Waals surface area contributed by atoms with Crippen LogP contribution in [0.15, 0.2) is 0 Å². The SMILES string of the molecule is CC(=O)N1CCC(N(CCO)C(=O)OC(C)(C)C)CC1. The van der Waals surface area contributed by atoms with Crippen LogP contribution in [0.25, 0.3) is 0 Å². The first-order chi connectivity index (χ1) is 9.24. The zero-order valence-electron chi connectivity index (χ0n) is 12.9. The van der Waals surface area contributed by atoms with Crippen LogP contribution in [0.3, 0.4) is 0 Å². The second kappa shape index (κ2) is 6.92. The van der Waals surface area contributed by atoms with Gasteiger partial charge in [-0.1, -0.05) is 0 Å². The first kappa shape index (κ1) is 16.8. The van der Waals surface area contributed by atoms with Crippen LogP contribution in [0.1, 0.15) is 40.5 Å². The smallest absolute Gasteiger partial charge is 0.410 e. The van der Waals surface area contributed by atoms with Gasteiger partial charge in [-0.05, 0) is 33.6 Å². The molecule has 0 radical (unpaired) electrons. The van der Waals surface area contributed by atoms with Crippen molar-refractivity contribution in [1.82, 2.24) is 9.80 Å². The molecule has 0 atom stereocenters. The number of carbonyl (C=O) groups is 2. The van der Waals surface area contributed by atoms with Gasteiger partial charge in [0.25, 0.3) is 0 Å². The van der Waals surface area contributed by atoms with Gasteiger partial charge in [-0.2, -0.15) is 0 Å². The molecule has 0 spiro atoms. The van der Waals surface area contributed by atoms with Gasteiger partial charge in [-0.25, -0.2) is 4.79 Å². The summed E-state index contributed by atoms with van der Waals surface area (Å²) in [5, 5.41) is 9.14. The highest BCUT2D eigenvalue weighted by atomic mass is 16.6. The van der Waals surface area contributed by atoms with E-state index in [1.54, 1.807) is 16.7 Å². The Kier molecular flexibility index (Phi) is 5.80. The molecule has 1 aliphatic rings. The van der Waals surface area contributed by atoms with Crippen molar-refractivity contribution in [3.05, 3.63) is 0 Å². The number of piperidine rings is 1. The van der Waals surface area contributed by atoms with Gasteiger partial charge in [0.2, 0.25) is 5.91 Å². The topological polar surface area (TPSA) is 70.1 Å². The van der Waals surface area contributed by atoms with Gasteiger partial charge in [0.15, 0.2) is 0 Å². The third kappa shape index (κ3) is 5.00. The Hall–Kier alpha value is -1.30. The number of rotatable bonds is 3. The summed E-state index contributed by atoms with van der Waals surface area (Å²) in [6.45, 7) is 8.47. The van der Waals surface area contributed by atoms with Crippen molar-refractivity contribution >= 4 is 12.0 Å². The van der Waals surface area contributed by atoms with Crippen LogP contribution < -0.4 is 0 Å². The number of ether oxygens (including phenoxy) is 1. The van der Waals surface area contributed by atoms with E-state index in [2.05, 4.69) is 0 Å². The Bertz CT molecular complexity index is 344. The molecule has 20 heavy (non-hydrogen) atoms. The maximum Gasteiger partial charge on any atom is 0.410 e. The van der Waals surface area contributed by atoms with Crippen molar-refractivity contribution in [2.45, 2.75) is 52.2 Å². The minimum atomic E-state index is -0.551. The molecular weight excluding hydrogens is 260 g/mol. The van der Waals surface area contributed by atoms with Crippen molar-refractivity contribution in [1.29, 1.82) is 0 Å². The van der Waals surface area contributed by atoms with Crippen LogP contribution in [0.4, 0.5) is 4.79 Å². The van der Waals surface area contributed by atoms with E-state index < -0.39 is 11.7 Å². The van der Waals surface area contributed by atoms with Crippen LogP contribution in [0.5, 0.6) is 0 Å².